The van der Waals surface area contributed by atoms with Gasteiger partial charge in [0.05, 0.1) is 5.02 Å². The van der Waals surface area contributed by atoms with Gasteiger partial charge in [-0.05, 0) is 18.6 Å². The van der Waals surface area contributed by atoms with Crippen LogP contribution in [0.2, 0.25) is 5.02 Å². The lowest BCUT2D eigenvalue weighted by molar-refractivity contribution is -0.139. The molecular formula is C11H12ClF2NO4S. The lowest BCUT2D eigenvalue weighted by atomic mass is 10.2. The van der Waals surface area contributed by atoms with Gasteiger partial charge >= 0.3 is 5.97 Å². The van der Waals surface area contributed by atoms with Crippen LogP contribution in [0.5, 0.6) is 0 Å². The number of rotatable bonds is 6. The van der Waals surface area contributed by atoms with Crippen LogP contribution in [0.3, 0.4) is 0 Å². The summed E-state index contributed by atoms with van der Waals surface area (Å²) in [5.74, 6) is -4.45. The second-order valence-electron chi connectivity index (χ2n) is 3.97. The molecule has 112 valence electrons. The molecule has 1 aromatic rings. The highest BCUT2D eigenvalue weighted by Gasteiger charge is 2.30. The predicted molar refractivity (Wildman–Crippen MR) is 68.0 cm³/mol. The third-order valence-electron chi connectivity index (χ3n) is 2.44. The van der Waals surface area contributed by atoms with E-state index in [9.17, 15) is 22.0 Å². The Labute approximate surface area is 119 Å². The molecule has 0 aliphatic rings. The first-order valence-electron chi connectivity index (χ1n) is 5.59. The molecule has 9 heteroatoms. The van der Waals surface area contributed by atoms with Gasteiger partial charge in [0.1, 0.15) is 10.9 Å². The monoisotopic (exact) mass is 327 g/mol. The molecule has 0 spiro atoms. The van der Waals surface area contributed by atoms with Gasteiger partial charge in [-0.3, -0.25) is 4.79 Å². The maximum Gasteiger partial charge on any atom is 0.321 e. The van der Waals surface area contributed by atoms with E-state index in [0.717, 1.165) is 6.07 Å². The highest BCUT2D eigenvalue weighted by molar-refractivity contribution is 7.89. The van der Waals surface area contributed by atoms with Gasteiger partial charge in [-0.2, -0.15) is 4.72 Å². The largest absolute Gasteiger partial charge is 0.480 e. The average molecular weight is 328 g/mol. The van der Waals surface area contributed by atoms with Crippen LogP contribution in [0.4, 0.5) is 8.78 Å². The first kappa shape index (κ1) is 16.8. The Morgan fingerprint density at radius 2 is 2.05 bits per heavy atom. The Kier molecular flexibility index (Phi) is 5.43. The maximum absolute atomic E-state index is 13.6. The molecule has 0 heterocycles. The molecule has 0 radical (unpaired) electrons. The summed E-state index contributed by atoms with van der Waals surface area (Å²) in [7, 11) is -4.59. The van der Waals surface area contributed by atoms with Crippen LogP contribution in [0.1, 0.15) is 19.8 Å². The molecule has 0 saturated carbocycles. The van der Waals surface area contributed by atoms with Gasteiger partial charge in [0.2, 0.25) is 10.0 Å². The highest BCUT2D eigenvalue weighted by Crippen LogP contribution is 2.26. The van der Waals surface area contributed by atoms with Crippen molar-refractivity contribution in [2.45, 2.75) is 30.7 Å². The van der Waals surface area contributed by atoms with Crippen molar-refractivity contribution in [3.63, 3.8) is 0 Å². The van der Waals surface area contributed by atoms with Gasteiger partial charge in [0.15, 0.2) is 11.6 Å². The van der Waals surface area contributed by atoms with Crippen LogP contribution in [0.15, 0.2) is 17.0 Å². The Bertz CT molecular complexity index is 621. The van der Waals surface area contributed by atoms with E-state index in [2.05, 4.69) is 0 Å². The van der Waals surface area contributed by atoms with Crippen LogP contribution in [-0.2, 0) is 14.8 Å². The minimum atomic E-state index is -4.59. The molecule has 0 aromatic heterocycles. The number of carbonyl (C=O) groups is 1. The molecule has 0 aliphatic heterocycles. The number of sulfonamides is 1. The Balaban J connectivity index is 3.24. The van der Waals surface area contributed by atoms with Crippen molar-refractivity contribution < 1.29 is 27.1 Å². The molecule has 1 aromatic carbocycles. The summed E-state index contributed by atoms with van der Waals surface area (Å²) in [5, 5.41) is 8.35. The molecule has 20 heavy (non-hydrogen) atoms. The molecule has 0 aliphatic carbocycles. The second kappa shape index (κ2) is 6.47. The minimum absolute atomic E-state index is 0.00309. The molecule has 0 fully saturated rings. The molecule has 0 amide bonds. The number of nitrogens with one attached hydrogen (secondary N) is 1. The summed E-state index contributed by atoms with van der Waals surface area (Å²) >= 11 is 5.55. The van der Waals surface area contributed by atoms with Crippen molar-refractivity contribution in [3.8, 4) is 0 Å². The zero-order valence-electron chi connectivity index (χ0n) is 10.4. The number of benzene rings is 1. The smallest absolute Gasteiger partial charge is 0.321 e. The maximum atomic E-state index is 13.6. The molecule has 2 N–H and O–H groups in total. The Morgan fingerprint density at radius 1 is 1.45 bits per heavy atom. The molecule has 0 saturated heterocycles. The summed E-state index contributed by atoms with van der Waals surface area (Å²) in [5.41, 5.74) is 0. The summed E-state index contributed by atoms with van der Waals surface area (Å²) in [6.07, 6.45) is 0.391. The standard InChI is InChI=1S/C11H12ClF2NO4S/c1-2-3-8(11(16)17)15-20(18,19)10-6(12)4-5-7(13)9(10)14/h4-5,8,15H,2-3H2,1H3,(H,16,17). The van der Waals surface area contributed by atoms with E-state index in [1.165, 1.54) is 0 Å². The lowest BCUT2D eigenvalue weighted by Crippen LogP contribution is -2.41. The SMILES string of the molecule is CCCC(NS(=O)(=O)c1c(Cl)ccc(F)c1F)C(=O)O. The van der Waals surface area contributed by atoms with Gasteiger partial charge in [-0.1, -0.05) is 24.9 Å². The molecule has 1 rings (SSSR count). The summed E-state index contributed by atoms with van der Waals surface area (Å²) in [6.45, 7) is 1.65. The molecular weight excluding hydrogens is 316 g/mol. The van der Waals surface area contributed by atoms with Crippen molar-refractivity contribution in [1.29, 1.82) is 0 Å². The average Bonchev–Trinajstić information content (AvgIpc) is 2.33. The highest BCUT2D eigenvalue weighted by atomic mass is 35.5. The zero-order chi connectivity index (χ0) is 15.5. The third-order valence-corrected chi connectivity index (χ3v) is 4.40. The summed E-state index contributed by atoms with van der Waals surface area (Å²) < 4.78 is 52.4. The molecule has 1 unspecified atom stereocenters. The summed E-state index contributed by atoms with van der Waals surface area (Å²) in [4.78, 5) is 9.81. The van der Waals surface area contributed by atoms with E-state index in [1.807, 2.05) is 0 Å². The fourth-order valence-electron chi connectivity index (χ4n) is 1.52. The zero-order valence-corrected chi connectivity index (χ0v) is 11.9. The van der Waals surface area contributed by atoms with Gasteiger partial charge in [0.25, 0.3) is 0 Å². The van der Waals surface area contributed by atoms with E-state index < -0.39 is 43.6 Å². The normalized spacial score (nSPS) is 13.2. The van der Waals surface area contributed by atoms with Crippen LogP contribution in [0.25, 0.3) is 0 Å². The van der Waals surface area contributed by atoms with Crippen molar-refractivity contribution in [1.82, 2.24) is 4.72 Å². The first-order chi connectivity index (χ1) is 9.20. The summed E-state index contributed by atoms with van der Waals surface area (Å²) in [6, 6.07) is 0.116. The van der Waals surface area contributed by atoms with Gasteiger partial charge in [-0.15, -0.1) is 0 Å². The first-order valence-corrected chi connectivity index (χ1v) is 7.45. The van der Waals surface area contributed by atoms with Crippen molar-refractivity contribution in [3.05, 3.63) is 28.8 Å². The van der Waals surface area contributed by atoms with Crippen molar-refractivity contribution in [2.75, 3.05) is 0 Å². The van der Waals surface area contributed by atoms with Gasteiger partial charge < -0.3 is 5.11 Å². The Morgan fingerprint density at radius 3 is 2.55 bits per heavy atom. The quantitative estimate of drug-likeness (QED) is 0.784. The number of carboxylic acids is 1. The van der Waals surface area contributed by atoms with E-state index in [1.54, 1.807) is 11.6 Å². The van der Waals surface area contributed by atoms with E-state index >= 15 is 0 Å². The fraction of sp³-hybridized carbons (Fsp3) is 0.364. The topological polar surface area (TPSA) is 83.5 Å². The number of carboxylic acid groups (broad SMARTS) is 1. The van der Waals surface area contributed by atoms with Crippen LogP contribution >= 0.6 is 11.6 Å². The predicted octanol–water partition coefficient (Wildman–Crippen LogP) is 2.15. The van der Waals surface area contributed by atoms with E-state index in [4.69, 9.17) is 16.7 Å². The number of aliphatic carboxylic acids is 1. The van der Waals surface area contributed by atoms with Crippen molar-refractivity contribution in [2.24, 2.45) is 0 Å². The molecule has 0 bridgehead atoms. The van der Waals surface area contributed by atoms with Crippen LogP contribution < -0.4 is 4.72 Å². The van der Waals surface area contributed by atoms with Crippen LogP contribution in [0, 0.1) is 11.6 Å². The van der Waals surface area contributed by atoms with Gasteiger partial charge in [0, 0.05) is 0 Å². The third kappa shape index (κ3) is 3.65. The Hall–Kier alpha value is -1.25. The molecule has 1 atom stereocenters. The lowest BCUT2D eigenvalue weighted by Gasteiger charge is -2.15. The fourth-order valence-corrected chi connectivity index (χ4v) is 3.34. The number of halogens is 3. The molecule has 5 nitrogen and oxygen atoms in total. The van der Waals surface area contributed by atoms with E-state index in [-0.39, 0.29) is 6.42 Å². The van der Waals surface area contributed by atoms with Crippen molar-refractivity contribution >= 4 is 27.6 Å². The second-order valence-corrected chi connectivity index (χ2v) is 6.03. The van der Waals surface area contributed by atoms with Crippen LogP contribution in [-0.4, -0.2) is 25.5 Å². The van der Waals surface area contributed by atoms with Gasteiger partial charge in [-0.25, -0.2) is 17.2 Å². The van der Waals surface area contributed by atoms with E-state index in [0.29, 0.717) is 12.5 Å². The number of hydrogen-bond donors (Lipinski definition) is 2. The minimum Gasteiger partial charge on any atom is -0.480 e. The number of hydrogen-bond acceptors (Lipinski definition) is 3.